The molecule has 2 aromatic rings. The smallest absolute Gasteiger partial charge is 0.130 e. The molecule has 0 aliphatic heterocycles. The van der Waals surface area contributed by atoms with Gasteiger partial charge in [-0.3, -0.25) is 4.68 Å². The number of nitrogens with zero attached hydrogens (tertiary/aromatic N) is 2. The van der Waals surface area contributed by atoms with Gasteiger partial charge >= 0.3 is 0 Å². The molecule has 1 N–H and O–H groups in total. The second kappa shape index (κ2) is 6.24. The minimum atomic E-state index is -0.239. The number of halogens is 3. The summed E-state index contributed by atoms with van der Waals surface area (Å²) in [5, 5.41) is 8.02. The van der Waals surface area contributed by atoms with Gasteiger partial charge in [-0.1, -0.05) is 33.6 Å². The van der Waals surface area contributed by atoms with E-state index in [-0.39, 0.29) is 11.9 Å². The Morgan fingerprint density at radius 1 is 1.50 bits per heavy atom. The Morgan fingerprint density at radius 2 is 2.20 bits per heavy atom. The fourth-order valence-corrected chi connectivity index (χ4v) is 2.85. The largest absolute Gasteiger partial charge is 0.313 e. The molecule has 0 bridgehead atoms. The molecule has 0 saturated carbocycles. The van der Waals surface area contributed by atoms with Crippen molar-refractivity contribution in [2.45, 2.75) is 19.4 Å². The summed E-state index contributed by atoms with van der Waals surface area (Å²) in [5.74, 6) is -0.239. The summed E-state index contributed by atoms with van der Waals surface area (Å²) < 4.78 is 16.4. The summed E-state index contributed by atoms with van der Waals surface area (Å²) in [4.78, 5) is 0. The molecule has 3 nitrogen and oxygen atoms in total. The molecule has 1 aromatic carbocycles. The molecule has 108 valence electrons. The van der Waals surface area contributed by atoms with E-state index in [4.69, 9.17) is 11.6 Å². The standard InChI is InChI=1S/C14H16BrClFN3/c1-8-11(14(16)20(3)19-8)7-13(18-2)10-5-4-9(15)6-12(10)17/h4-6,13,18H,7H2,1-3H3. The van der Waals surface area contributed by atoms with Crippen LogP contribution in [0.2, 0.25) is 5.15 Å². The lowest BCUT2D eigenvalue weighted by molar-refractivity contribution is 0.533. The Labute approximate surface area is 131 Å². The van der Waals surface area contributed by atoms with Crippen LogP contribution < -0.4 is 5.32 Å². The van der Waals surface area contributed by atoms with E-state index in [2.05, 4.69) is 26.3 Å². The van der Waals surface area contributed by atoms with Gasteiger partial charge in [0.05, 0.1) is 5.69 Å². The molecule has 0 aliphatic carbocycles. The van der Waals surface area contributed by atoms with Crippen LogP contribution in [-0.2, 0) is 13.5 Å². The number of aryl methyl sites for hydroxylation is 2. The van der Waals surface area contributed by atoms with Gasteiger partial charge in [-0.05, 0) is 32.5 Å². The Bertz CT molecular complexity index is 627. The number of aromatic nitrogens is 2. The molecule has 0 saturated heterocycles. The Hall–Kier alpha value is -0.910. The fourth-order valence-electron chi connectivity index (χ4n) is 2.26. The number of hydrogen-bond acceptors (Lipinski definition) is 2. The van der Waals surface area contributed by atoms with E-state index in [0.29, 0.717) is 17.1 Å². The highest BCUT2D eigenvalue weighted by Crippen LogP contribution is 2.28. The molecular weight excluding hydrogens is 345 g/mol. The average Bonchev–Trinajstić information content (AvgIpc) is 2.62. The van der Waals surface area contributed by atoms with E-state index in [1.807, 2.05) is 20.0 Å². The maximum absolute atomic E-state index is 14.1. The van der Waals surface area contributed by atoms with Crippen molar-refractivity contribution in [3.05, 3.63) is 50.5 Å². The van der Waals surface area contributed by atoms with Crippen molar-refractivity contribution in [2.24, 2.45) is 7.05 Å². The van der Waals surface area contributed by atoms with Crippen LogP contribution in [0.5, 0.6) is 0 Å². The van der Waals surface area contributed by atoms with Crippen LogP contribution in [0.15, 0.2) is 22.7 Å². The monoisotopic (exact) mass is 359 g/mol. The van der Waals surface area contributed by atoms with Gasteiger partial charge in [0.25, 0.3) is 0 Å². The predicted octanol–water partition coefficient (Wildman–Crippen LogP) is 3.79. The minimum absolute atomic E-state index is 0.150. The first kappa shape index (κ1) is 15.5. The SMILES string of the molecule is CNC(Cc1c(C)nn(C)c1Cl)c1ccc(Br)cc1F. The summed E-state index contributed by atoms with van der Waals surface area (Å²) in [6.07, 6.45) is 0.591. The zero-order valence-electron chi connectivity index (χ0n) is 11.5. The van der Waals surface area contributed by atoms with Crippen molar-refractivity contribution >= 4 is 27.5 Å². The van der Waals surface area contributed by atoms with Gasteiger partial charge < -0.3 is 5.32 Å². The van der Waals surface area contributed by atoms with Crippen molar-refractivity contribution in [3.63, 3.8) is 0 Å². The second-order valence-electron chi connectivity index (χ2n) is 4.69. The Morgan fingerprint density at radius 3 is 2.70 bits per heavy atom. The van der Waals surface area contributed by atoms with Gasteiger partial charge in [0, 0.05) is 28.7 Å². The third-order valence-corrected chi connectivity index (χ3v) is 4.33. The molecule has 1 unspecified atom stereocenters. The minimum Gasteiger partial charge on any atom is -0.313 e. The van der Waals surface area contributed by atoms with Crippen LogP contribution in [-0.4, -0.2) is 16.8 Å². The summed E-state index contributed by atoms with van der Waals surface area (Å²) in [5.41, 5.74) is 2.43. The van der Waals surface area contributed by atoms with Crippen molar-refractivity contribution < 1.29 is 4.39 Å². The molecular formula is C14H16BrClFN3. The van der Waals surface area contributed by atoms with Gasteiger partial charge in [-0.2, -0.15) is 5.10 Å². The fraction of sp³-hybridized carbons (Fsp3) is 0.357. The highest BCUT2D eigenvalue weighted by Gasteiger charge is 2.20. The van der Waals surface area contributed by atoms with Crippen molar-refractivity contribution in [1.82, 2.24) is 15.1 Å². The molecule has 1 heterocycles. The lowest BCUT2D eigenvalue weighted by Gasteiger charge is -2.17. The molecule has 0 spiro atoms. The van der Waals surface area contributed by atoms with Crippen molar-refractivity contribution in [2.75, 3.05) is 7.05 Å². The number of hydrogen-bond donors (Lipinski definition) is 1. The lowest BCUT2D eigenvalue weighted by Crippen LogP contribution is -2.20. The van der Waals surface area contributed by atoms with Crippen LogP contribution in [0.1, 0.15) is 22.9 Å². The van der Waals surface area contributed by atoms with Crippen molar-refractivity contribution in [1.29, 1.82) is 0 Å². The predicted molar refractivity (Wildman–Crippen MR) is 82.6 cm³/mol. The van der Waals surface area contributed by atoms with Crippen molar-refractivity contribution in [3.8, 4) is 0 Å². The maximum Gasteiger partial charge on any atom is 0.130 e. The molecule has 1 atom stereocenters. The van der Waals surface area contributed by atoms with E-state index in [1.54, 1.807) is 17.8 Å². The molecule has 0 aliphatic rings. The van der Waals surface area contributed by atoms with Crippen LogP contribution in [0.3, 0.4) is 0 Å². The normalized spacial score (nSPS) is 12.7. The highest BCUT2D eigenvalue weighted by atomic mass is 79.9. The number of likely N-dealkylation sites (N-methyl/N-ethyl adjacent to an activating group) is 1. The van der Waals surface area contributed by atoms with E-state index >= 15 is 0 Å². The third-order valence-electron chi connectivity index (χ3n) is 3.36. The topological polar surface area (TPSA) is 29.9 Å². The molecule has 0 fully saturated rings. The molecule has 0 radical (unpaired) electrons. The molecule has 6 heteroatoms. The molecule has 1 aromatic heterocycles. The van der Waals surface area contributed by atoms with E-state index in [1.165, 1.54) is 6.07 Å². The molecule has 2 rings (SSSR count). The zero-order valence-corrected chi connectivity index (χ0v) is 13.9. The highest BCUT2D eigenvalue weighted by molar-refractivity contribution is 9.10. The molecule has 20 heavy (non-hydrogen) atoms. The first-order valence-electron chi connectivity index (χ1n) is 6.24. The lowest BCUT2D eigenvalue weighted by atomic mass is 9.99. The summed E-state index contributed by atoms with van der Waals surface area (Å²) >= 11 is 9.50. The first-order valence-corrected chi connectivity index (χ1v) is 7.41. The van der Waals surface area contributed by atoms with Gasteiger partial charge in [0.15, 0.2) is 0 Å². The maximum atomic E-state index is 14.1. The second-order valence-corrected chi connectivity index (χ2v) is 5.96. The van der Waals surface area contributed by atoms with Crippen LogP contribution in [0.25, 0.3) is 0 Å². The number of rotatable bonds is 4. The van der Waals surface area contributed by atoms with Gasteiger partial charge in [-0.25, -0.2) is 4.39 Å². The average molecular weight is 361 g/mol. The van der Waals surface area contributed by atoms with Crippen LogP contribution >= 0.6 is 27.5 Å². The quantitative estimate of drug-likeness (QED) is 0.899. The van der Waals surface area contributed by atoms with Gasteiger partial charge in [0.1, 0.15) is 11.0 Å². The third kappa shape index (κ3) is 3.05. The van der Waals surface area contributed by atoms with Gasteiger partial charge in [0.2, 0.25) is 0 Å². The molecule has 0 amide bonds. The Balaban J connectivity index is 2.33. The summed E-state index contributed by atoms with van der Waals surface area (Å²) in [6.45, 7) is 1.91. The van der Waals surface area contributed by atoms with E-state index in [9.17, 15) is 4.39 Å². The van der Waals surface area contributed by atoms with E-state index < -0.39 is 0 Å². The van der Waals surface area contributed by atoms with Crippen LogP contribution in [0.4, 0.5) is 4.39 Å². The van der Waals surface area contributed by atoms with E-state index in [0.717, 1.165) is 15.7 Å². The number of nitrogens with one attached hydrogen (secondary N) is 1. The number of benzene rings is 1. The first-order chi connectivity index (χ1) is 9.43. The summed E-state index contributed by atoms with van der Waals surface area (Å²) in [7, 11) is 3.61. The Kier molecular flexibility index (Phi) is 4.83. The zero-order chi connectivity index (χ0) is 14.9. The van der Waals surface area contributed by atoms with Gasteiger partial charge in [-0.15, -0.1) is 0 Å². The van der Waals surface area contributed by atoms with Crippen LogP contribution in [0, 0.1) is 12.7 Å². The summed E-state index contributed by atoms with van der Waals surface area (Å²) in [6, 6.07) is 4.93.